The molecule has 5 rings (SSSR count). The molecule has 0 spiro atoms. The van der Waals surface area contributed by atoms with E-state index < -0.39 is 0 Å². The summed E-state index contributed by atoms with van der Waals surface area (Å²) in [6, 6.07) is 20.0. The number of carbonyl (C=O) groups excluding carboxylic acids is 2. The zero-order valence-electron chi connectivity index (χ0n) is 18.9. The molecule has 1 aliphatic heterocycles. The molecule has 1 fully saturated rings. The number of piperidine rings is 1. The third-order valence-electron chi connectivity index (χ3n) is 6.79. The van der Waals surface area contributed by atoms with E-state index in [4.69, 9.17) is 5.10 Å². The van der Waals surface area contributed by atoms with Crippen LogP contribution in [0.3, 0.4) is 0 Å². The fraction of sp³-hybridized carbons (Fsp3) is 0.370. The van der Waals surface area contributed by atoms with Gasteiger partial charge >= 0.3 is 0 Å². The van der Waals surface area contributed by atoms with Crippen molar-refractivity contribution in [3.8, 4) is 5.69 Å². The van der Waals surface area contributed by atoms with Crippen LogP contribution in [0.1, 0.15) is 41.8 Å². The van der Waals surface area contributed by atoms with Crippen molar-refractivity contribution >= 4 is 11.8 Å². The smallest absolute Gasteiger partial charge is 0.227 e. The van der Waals surface area contributed by atoms with Gasteiger partial charge in [0.1, 0.15) is 0 Å². The van der Waals surface area contributed by atoms with Crippen LogP contribution in [0.25, 0.3) is 5.69 Å². The number of aromatic nitrogens is 2. The second-order valence-corrected chi connectivity index (χ2v) is 9.03. The van der Waals surface area contributed by atoms with Crippen LogP contribution in [0, 0.1) is 5.92 Å². The summed E-state index contributed by atoms with van der Waals surface area (Å²) in [6.45, 7) is 1.66. The number of amides is 2. The van der Waals surface area contributed by atoms with Gasteiger partial charge in [-0.25, -0.2) is 4.68 Å². The van der Waals surface area contributed by atoms with Crippen molar-refractivity contribution in [1.82, 2.24) is 20.0 Å². The molecule has 1 atom stereocenters. The number of nitrogens with zero attached hydrogens (tertiary/aromatic N) is 3. The van der Waals surface area contributed by atoms with Gasteiger partial charge in [0.25, 0.3) is 0 Å². The largest absolute Gasteiger partial charge is 0.350 e. The lowest BCUT2D eigenvalue weighted by atomic mass is 9.96. The van der Waals surface area contributed by atoms with Crippen LogP contribution < -0.4 is 5.32 Å². The number of fused-ring (bicyclic) bond motifs is 1. The third-order valence-corrected chi connectivity index (χ3v) is 6.79. The first-order chi connectivity index (χ1) is 16.2. The molecule has 1 N–H and O–H groups in total. The quantitative estimate of drug-likeness (QED) is 0.636. The molecular weight excluding hydrogens is 412 g/mol. The summed E-state index contributed by atoms with van der Waals surface area (Å²) in [6.07, 6.45) is 5.22. The number of benzene rings is 2. The Labute approximate surface area is 194 Å². The van der Waals surface area contributed by atoms with E-state index in [1.54, 1.807) is 0 Å². The number of carbonyl (C=O) groups is 2. The summed E-state index contributed by atoms with van der Waals surface area (Å²) in [5.41, 5.74) is 5.58. The van der Waals surface area contributed by atoms with E-state index in [-0.39, 0.29) is 17.7 Å². The Morgan fingerprint density at radius 2 is 1.73 bits per heavy atom. The number of nitrogens with one attached hydrogen (secondary N) is 1. The summed E-state index contributed by atoms with van der Waals surface area (Å²) < 4.78 is 2.04. The van der Waals surface area contributed by atoms with E-state index in [1.165, 1.54) is 11.3 Å². The van der Waals surface area contributed by atoms with Gasteiger partial charge in [-0.05, 0) is 55.4 Å². The molecule has 6 nitrogen and oxygen atoms in total. The molecule has 2 heterocycles. The van der Waals surface area contributed by atoms with Crippen LogP contribution in [-0.4, -0.2) is 39.6 Å². The molecule has 2 aromatic carbocycles. The van der Waals surface area contributed by atoms with Gasteiger partial charge in [0.05, 0.1) is 30.3 Å². The summed E-state index contributed by atoms with van der Waals surface area (Å²) >= 11 is 0. The minimum Gasteiger partial charge on any atom is -0.350 e. The average molecular weight is 443 g/mol. The monoisotopic (exact) mass is 442 g/mol. The van der Waals surface area contributed by atoms with Crippen LogP contribution in [0.2, 0.25) is 0 Å². The summed E-state index contributed by atoms with van der Waals surface area (Å²) in [5.74, 6) is -0.0472. The lowest BCUT2D eigenvalue weighted by molar-refractivity contribution is -0.135. The SMILES string of the molecule is O=C(NCc1nn(-c2ccccc2)c2c1CCC2)C1CCCN(C(=O)Cc2ccccc2)C1. The highest BCUT2D eigenvalue weighted by Gasteiger charge is 2.29. The van der Waals surface area contributed by atoms with Crippen LogP contribution in [0.5, 0.6) is 0 Å². The Kier molecular flexibility index (Phi) is 6.24. The van der Waals surface area contributed by atoms with Crippen molar-refractivity contribution in [3.63, 3.8) is 0 Å². The van der Waals surface area contributed by atoms with Crippen LogP contribution >= 0.6 is 0 Å². The van der Waals surface area contributed by atoms with Crippen LogP contribution in [0.4, 0.5) is 0 Å². The maximum absolute atomic E-state index is 13.0. The minimum absolute atomic E-state index is 0.0215. The molecular formula is C27H30N4O2. The second kappa shape index (κ2) is 9.61. The van der Waals surface area contributed by atoms with E-state index in [0.717, 1.165) is 55.6 Å². The van der Waals surface area contributed by atoms with Crippen LogP contribution in [0.15, 0.2) is 60.7 Å². The van der Waals surface area contributed by atoms with Crippen molar-refractivity contribution < 1.29 is 9.59 Å². The molecule has 1 aliphatic carbocycles. The van der Waals surface area contributed by atoms with E-state index in [1.807, 2.05) is 58.1 Å². The zero-order chi connectivity index (χ0) is 22.6. The predicted molar refractivity (Wildman–Crippen MR) is 127 cm³/mol. The van der Waals surface area contributed by atoms with Crippen molar-refractivity contribution in [1.29, 1.82) is 0 Å². The molecule has 170 valence electrons. The minimum atomic E-state index is -0.164. The molecule has 6 heteroatoms. The van der Waals surface area contributed by atoms with Gasteiger partial charge < -0.3 is 10.2 Å². The molecule has 0 radical (unpaired) electrons. The number of rotatable bonds is 6. The average Bonchev–Trinajstić information content (AvgIpc) is 3.47. The van der Waals surface area contributed by atoms with Gasteiger partial charge in [-0.3, -0.25) is 9.59 Å². The molecule has 1 saturated heterocycles. The van der Waals surface area contributed by atoms with Crippen molar-refractivity contribution in [2.45, 2.75) is 45.1 Å². The first-order valence-electron chi connectivity index (χ1n) is 11.9. The fourth-order valence-electron chi connectivity index (χ4n) is 5.05. The van der Waals surface area contributed by atoms with Crippen LogP contribution in [-0.2, 0) is 35.4 Å². The van der Waals surface area contributed by atoms with E-state index in [2.05, 4.69) is 17.4 Å². The Bertz CT molecular complexity index is 1120. The zero-order valence-corrected chi connectivity index (χ0v) is 18.9. The Morgan fingerprint density at radius 3 is 2.52 bits per heavy atom. The maximum atomic E-state index is 13.0. The molecule has 1 unspecified atom stereocenters. The number of para-hydroxylation sites is 1. The molecule has 3 aromatic rings. The Balaban J connectivity index is 1.21. The third kappa shape index (κ3) is 4.70. The summed E-state index contributed by atoms with van der Waals surface area (Å²) in [4.78, 5) is 27.6. The molecule has 0 bridgehead atoms. The molecule has 1 aromatic heterocycles. The number of likely N-dealkylation sites (tertiary alicyclic amines) is 1. The predicted octanol–water partition coefficient (Wildman–Crippen LogP) is 3.46. The van der Waals surface area contributed by atoms with Crippen molar-refractivity contribution in [3.05, 3.63) is 83.2 Å². The number of hydrogen-bond acceptors (Lipinski definition) is 3. The number of hydrogen-bond donors (Lipinski definition) is 1. The van der Waals surface area contributed by atoms with Gasteiger partial charge in [0.15, 0.2) is 0 Å². The standard InChI is InChI=1S/C27H30N4O2/c32-26(17-20-9-3-1-4-10-20)30-16-8-11-21(19-30)27(33)28-18-24-23-14-7-15-25(23)31(29-24)22-12-5-2-6-13-22/h1-6,9-10,12-13,21H,7-8,11,14-19H2,(H,28,33). The highest BCUT2D eigenvalue weighted by atomic mass is 16.2. The second-order valence-electron chi connectivity index (χ2n) is 9.03. The summed E-state index contributed by atoms with van der Waals surface area (Å²) in [5, 5.41) is 7.97. The van der Waals surface area contributed by atoms with Gasteiger partial charge in [0, 0.05) is 18.8 Å². The first-order valence-corrected chi connectivity index (χ1v) is 11.9. The maximum Gasteiger partial charge on any atom is 0.227 e. The van der Waals surface area contributed by atoms with E-state index in [0.29, 0.717) is 19.5 Å². The molecule has 2 amide bonds. The highest BCUT2D eigenvalue weighted by Crippen LogP contribution is 2.28. The van der Waals surface area contributed by atoms with Crippen molar-refractivity contribution in [2.75, 3.05) is 13.1 Å². The lowest BCUT2D eigenvalue weighted by Crippen LogP contribution is -2.45. The molecule has 0 saturated carbocycles. The molecule has 2 aliphatic rings. The van der Waals surface area contributed by atoms with Gasteiger partial charge in [0.2, 0.25) is 11.8 Å². The van der Waals surface area contributed by atoms with E-state index >= 15 is 0 Å². The summed E-state index contributed by atoms with van der Waals surface area (Å²) in [7, 11) is 0. The van der Waals surface area contributed by atoms with Crippen molar-refractivity contribution in [2.24, 2.45) is 5.92 Å². The topological polar surface area (TPSA) is 67.2 Å². The normalized spacial score (nSPS) is 17.6. The first kappa shape index (κ1) is 21.4. The van der Waals surface area contributed by atoms with Gasteiger partial charge in [-0.1, -0.05) is 48.5 Å². The Morgan fingerprint density at radius 1 is 0.970 bits per heavy atom. The van der Waals surface area contributed by atoms with Gasteiger partial charge in [-0.2, -0.15) is 5.10 Å². The Hall–Kier alpha value is -3.41. The highest BCUT2D eigenvalue weighted by molar-refractivity contribution is 5.82. The fourth-order valence-corrected chi connectivity index (χ4v) is 5.05. The van der Waals surface area contributed by atoms with E-state index in [9.17, 15) is 9.59 Å². The lowest BCUT2D eigenvalue weighted by Gasteiger charge is -2.32. The van der Waals surface area contributed by atoms with Gasteiger partial charge in [-0.15, -0.1) is 0 Å². The molecule has 33 heavy (non-hydrogen) atoms.